The van der Waals surface area contributed by atoms with Crippen molar-refractivity contribution in [3.63, 3.8) is 0 Å². The Morgan fingerprint density at radius 1 is 1.37 bits per heavy atom. The second-order valence-corrected chi connectivity index (χ2v) is 4.16. The summed E-state index contributed by atoms with van der Waals surface area (Å²) < 4.78 is 0. The summed E-state index contributed by atoms with van der Waals surface area (Å²) in [6.07, 6.45) is 4.00. The summed E-state index contributed by atoms with van der Waals surface area (Å²) in [5, 5.41) is 7.16. The smallest absolute Gasteiger partial charge is 0.133 e. The highest BCUT2D eigenvalue weighted by atomic mass is 16.6. The van der Waals surface area contributed by atoms with Gasteiger partial charge in [0.2, 0.25) is 0 Å². The van der Waals surface area contributed by atoms with Crippen LogP contribution in [-0.4, -0.2) is 37.7 Å². The third kappa shape index (κ3) is 5.70. The first kappa shape index (κ1) is 17.4. The van der Waals surface area contributed by atoms with E-state index in [9.17, 15) is 0 Å². The molecular formula is C14H26N4O. The Morgan fingerprint density at radius 3 is 2.42 bits per heavy atom. The maximum absolute atomic E-state index is 7.16. The average Bonchev–Trinajstić information content (AvgIpc) is 2.41. The van der Waals surface area contributed by atoms with Crippen LogP contribution in [-0.2, 0) is 4.84 Å². The van der Waals surface area contributed by atoms with Crippen molar-refractivity contribution in [1.82, 2.24) is 10.4 Å². The fourth-order valence-corrected chi connectivity index (χ4v) is 1.71. The Morgan fingerprint density at radius 2 is 2.00 bits per heavy atom. The monoisotopic (exact) mass is 266 g/mol. The zero-order valence-electron chi connectivity index (χ0n) is 12.9. The molecule has 0 aliphatic heterocycles. The summed E-state index contributed by atoms with van der Waals surface area (Å²) >= 11 is 0. The molecule has 0 rings (SSSR count). The van der Waals surface area contributed by atoms with Gasteiger partial charge in [-0.05, 0) is 44.4 Å². The Hall–Kier alpha value is -1.62. The van der Waals surface area contributed by atoms with Crippen molar-refractivity contribution in [1.29, 1.82) is 5.41 Å². The molecule has 19 heavy (non-hydrogen) atoms. The summed E-state index contributed by atoms with van der Waals surface area (Å²) in [4.78, 5) is 11.4. The number of nitrogens with zero attached hydrogens (tertiary/aromatic N) is 2. The minimum atomic E-state index is 0.806. The molecule has 5 heteroatoms. The number of aliphatic imine (C=N–C) groups is 1. The predicted molar refractivity (Wildman–Crippen MR) is 81.4 cm³/mol. The van der Waals surface area contributed by atoms with E-state index < -0.39 is 0 Å². The van der Waals surface area contributed by atoms with Gasteiger partial charge in [0.15, 0.2) is 0 Å². The maximum Gasteiger partial charge on any atom is 0.133 e. The molecule has 0 unspecified atom stereocenters. The Kier molecular flexibility index (Phi) is 8.53. The van der Waals surface area contributed by atoms with Crippen LogP contribution < -0.4 is 5.48 Å². The highest BCUT2D eigenvalue weighted by Gasteiger charge is 2.08. The van der Waals surface area contributed by atoms with E-state index in [2.05, 4.69) is 30.4 Å². The van der Waals surface area contributed by atoms with E-state index in [0.717, 1.165) is 42.0 Å². The molecule has 0 aliphatic carbocycles. The molecule has 0 atom stereocenters. The van der Waals surface area contributed by atoms with Crippen molar-refractivity contribution in [2.24, 2.45) is 4.99 Å². The summed E-state index contributed by atoms with van der Waals surface area (Å²) in [5.41, 5.74) is 4.80. The highest BCUT2D eigenvalue weighted by Crippen LogP contribution is 2.14. The number of hydroxylamine groups is 1. The molecule has 0 spiro atoms. The lowest BCUT2D eigenvalue weighted by atomic mass is 10.1. The van der Waals surface area contributed by atoms with Gasteiger partial charge >= 0.3 is 0 Å². The minimum Gasteiger partial charge on any atom is -0.413 e. The van der Waals surface area contributed by atoms with E-state index in [1.807, 2.05) is 25.8 Å². The fraction of sp³-hybridized carbons (Fsp3) is 0.571. The molecule has 0 saturated carbocycles. The molecule has 0 saturated heterocycles. The number of nitrogens with one attached hydrogen (secondary N) is 2. The molecule has 0 aromatic rings. The first-order valence-electron chi connectivity index (χ1n) is 6.51. The van der Waals surface area contributed by atoms with Crippen LogP contribution in [0, 0.1) is 5.41 Å². The lowest BCUT2D eigenvalue weighted by molar-refractivity contribution is 0.125. The van der Waals surface area contributed by atoms with Crippen LogP contribution in [0.5, 0.6) is 0 Å². The topological polar surface area (TPSA) is 60.7 Å². The number of amidine groups is 1. The highest BCUT2D eigenvalue weighted by molar-refractivity contribution is 6.01. The third-order valence-corrected chi connectivity index (χ3v) is 2.85. The van der Waals surface area contributed by atoms with Crippen LogP contribution in [0.2, 0.25) is 0 Å². The van der Waals surface area contributed by atoms with Gasteiger partial charge in [0, 0.05) is 20.6 Å². The number of likely N-dealkylation sites (N-methyl/N-ethyl adjacent to an activating group) is 1. The number of hydrogen-bond acceptors (Lipinski definition) is 3. The standard InChI is InChI=1S/C14H26N4O/c1-7-13(12(4)19-16-5)9-11(3)14(17-10-15)18(6)8-2/h9-10,15-16H,7-8H2,1-6H3/b11-9+,13-12+,15-10?,17-14?. The lowest BCUT2D eigenvalue weighted by Gasteiger charge is -2.19. The van der Waals surface area contributed by atoms with E-state index in [0.29, 0.717) is 0 Å². The minimum absolute atomic E-state index is 0.806. The number of hydrogen-bond donors (Lipinski definition) is 2. The third-order valence-electron chi connectivity index (χ3n) is 2.85. The van der Waals surface area contributed by atoms with E-state index in [-0.39, 0.29) is 0 Å². The SMILES string of the molecule is CCC(/C=C(\C)C(=NC=N)N(C)CC)=C(/C)ONC. The van der Waals surface area contributed by atoms with Gasteiger partial charge in [0.05, 0.1) is 0 Å². The fourth-order valence-electron chi connectivity index (χ4n) is 1.71. The van der Waals surface area contributed by atoms with Crippen molar-refractivity contribution >= 4 is 12.2 Å². The molecule has 0 radical (unpaired) electrons. The molecule has 5 nitrogen and oxygen atoms in total. The summed E-state index contributed by atoms with van der Waals surface area (Å²) in [7, 11) is 3.70. The Balaban J connectivity index is 5.38. The van der Waals surface area contributed by atoms with Gasteiger partial charge in [-0.3, -0.25) is 5.41 Å². The predicted octanol–water partition coefficient (Wildman–Crippen LogP) is 2.72. The first-order valence-corrected chi connectivity index (χ1v) is 6.51. The first-order chi connectivity index (χ1) is 9.01. The van der Waals surface area contributed by atoms with Gasteiger partial charge < -0.3 is 9.74 Å². The van der Waals surface area contributed by atoms with E-state index in [1.54, 1.807) is 7.05 Å². The van der Waals surface area contributed by atoms with Crippen LogP contribution in [0.4, 0.5) is 0 Å². The quantitative estimate of drug-likeness (QED) is 0.245. The number of rotatable bonds is 7. The van der Waals surface area contributed by atoms with Crippen molar-refractivity contribution in [2.45, 2.75) is 34.1 Å². The summed E-state index contributed by atoms with van der Waals surface area (Å²) in [6.45, 7) is 8.90. The van der Waals surface area contributed by atoms with Crippen molar-refractivity contribution in [2.75, 3.05) is 20.6 Å². The molecule has 0 amide bonds. The van der Waals surface area contributed by atoms with Crippen molar-refractivity contribution in [3.05, 3.63) is 23.0 Å². The van der Waals surface area contributed by atoms with Gasteiger partial charge in [-0.2, -0.15) is 5.48 Å². The largest absolute Gasteiger partial charge is 0.413 e. The van der Waals surface area contributed by atoms with E-state index in [1.165, 1.54) is 0 Å². The molecule has 0 heterocycles. The Bertz CT molecular complexity index is 383. The van der Waals surface area contributed by atoms with Gasteiger partial charge in [0.25, 0.3) is 0 Å². The van der Waals surface area contributed by atoms with Crippen LogP contribution in [0.25, 0.3) is 0 Å². The summed E-state index contributed by atoms with van der Waals surface area (Å²) in [5.74, 6) is 1.65. The van der Waals surface area contributed by atoms with Gasteiger partial charge in [-0.25, -0.2) is 4.99 Å². The molecular weight excluding hydrogens is 240 g/mol. The second-order valence-electron chi connectivity index (χ2n) is 4.16. The molecule has 0 aromatic carbocycles. The molecule has 108 valence electrons. The number of allylic oxidation sites excluding steroid dienone is 3. The van der Waals surface area contributed by atoms with Crippen LogP contribution in [0.1, 0.15) is 34.1 Å². The molecule has 0 aromatic heterocycles. The zero-order valence-corrected chi connectivity index (χ0v) is 12.9. The van der Waals surface area contributed by atoms with Crippen molar-refractivity contribution < 1.29 is 4.84 Å². The second kappa shape index (κ2) is 9.33. The zero-order chi connectivity index (χ0) is 14.8. The lowest BCUT2D eigenvalue weighted by Crippen LogP contribution is -2.27. The van der Waals surface area contributed by atoms with Gasteiger partial charge in [-0.15, -0.1) is 0 Å². The van der Waals surface area contributed by atoms with E-state index in [4.69, 9.17) is 10.2 Å². The normalized spacial score (nSPS) is 14.0. The van der Waals surface area contributed by atoms with E-state index >= 15 is 0 Å². The molecule has 0 bridgehead atoms. The molecule has 0 fully saturated rings. The van der Waals surface area contributed by atoms with Gasteiger partial charge in [-0.1, -0.05) is 6.92 Å². The molecule has 0 aliphatic rings. The Labute approximate surface area is 116 Å². The average molecular weight is 266 g/mol. The van der Waals surface area contributed by atoms with Crippen LogP contribution in [0.15, 0.2) is 28.0 Å². The molecule has 2 N–H and O–H groups in total. The van der Waals surface area contributed by atoms with Crippen molar-refractivity contribution in [3.8, 4) is 0 Å². The maximum atomic E-state index is 7.16. The van der Waals surface area contributed by atoms with Crippen LogP contribution in [0.3, 0.4) is 0 Å². The van der Waals surface area contributed by atoms with Crippen LogP contribution >= 0.6 is 0 Å². The summed E-state index contributed by atoms with van der Waals surface area (Å²) in [6, 6.07) is 0. The van der Waals surface area contributed by atoms with Gasteiger partial charge in [0.1, 0.15) is 17.9 Å².